The van der Waals surface area contributed by atoms with E-state index < -0.39 is 18.0 Å². The molecule has 2 heterocycles. The number of amides is 1. The molecule has 0 saturated carbocycles. The molecular weight excluding hydrogens is 704 g/mol. The number of rotatable bonds is 13. The van der Waals surface area contributed by atoms with Crippen LogP contribution in [0.1, 0.15) is 52.3 Å². The summed E-state index contributed by atoms with van der Waals surface area (Å²) < 4.78 is 12.5. The number of aliphatic hydroxyl groups is 1. The first-order valence-electron chi connectivity index (χ1n) is 17.6. The molecule has 0 saturated heterocycles. The first kappa shape index (κ1) is 38.0. The van der Waals surface area contributed by atoms with Gasteiger partial charge in [-0.25, -0.2) is 0 Å². The lowest BCUT2D eigenvalue weighted by Crippen LogP contribution is -2.32. The Balaban J connectivity index is 1.26. The van der Waals surface area contributed by atoms with Crippen molar-refractivity contribution in [3.05, 3.63) is 129 Å². The van der Waals surface area contributed by atoms with Crippen LogP contribution in [0.4, 0.5) is 5.69 Å². The molecule has 0 unspecified atom stereocenters. The molecule has 0 fully saturated rings. The minimum absolute atomic E-state index is 0.0619. The van der Waals surface area contributed by atoms with Gasteiger partial charge in [-0.1, -0.05) is 60.1 Å². The number of carboxylic acids is 1. The van der Waals surface area contributed by atoms with Crippen LogP contribution in [0.3, 0.4) is 0 Å². The fourth-order valence-corrected chi connectivity index (χ4v) is 6.76. The number of nitrogens with zero attached hydrogens (tertiary/aromatic N) is 2. The van der Waals surface area contributed by atoms with Gasteiger partial charge in [-0.3, -0.25) is 14.6 Å². The van der Waals surface area contributed by atoms with Crippen LogP contribution in [0.25, 0.3) is 22.3 Å². The van der Waals surface area contributed by atoms with Crippen LogP contribution < -0.4 is 20.1 Å². The number of pyridine rings is 1. The Kier molecular flexibility index (Phi) is 11.6. The molecule has 1 atom stereocenters. The highest BCUT2D eigenvalue weighted by atomic mass is 35.5. The smallest absolute Gasteiger partial charge is 0.311 e. The SMILES string of the molecule is Cc1c(COc2cc(OCc3cncc(C#N)c3)c(CC[C@@](C)(CO)C(=O)O)cc2Cl)cccc1-c1cccc(-c2ccc3c(c2)NC(=O)CNC3)c1C. The third kappa shape index (κ3) is 8.40. The average molecular weight is 745 g/mol. The summed E-state index contributed by atoms with van der Waals surface area (Å²) in [5.41, 5.74) is 9.58. The number of nitrogens with one attached hydrogen (secondary N) is 2. The molecule has 0 radical (unpaired) electrons. The second kappa shape index (κ2) is 16.5. The highest BCUT2D eigenvalue weighted by molar-refractivity contribution is 6.32. The van der Waals surface area contributed by atoms with Crippen LogP contribution in [0.2, 0.25) is 5.02 Å². The lowest BCUT2D eigenvalue weighted by atomic mass is 9.85. The number of nitriles is 1. The zero-order valence-electron chi connectivity index (χ0n) is 30.3. The van der Waals surface area contributed by atoms with Crippen LogP contribution in [-0.2, 0) is 35.8 Å². The summed E-state index contributed by atoms with van der Waals surface area (Å²) in [6.07, 6.45) is 3.49. The molecule has 6 rings (SSSR count). The number of hydrogen-bond donors (Lipinski definition) is 4. The molecule has 10 nitrogen and oxygen atoms in total. The van der Waals surface area contributed by atoms with Gasteiger partial charge in [0.15, 0.2) is 0 Å². The van der Waals surface area contributed by atoms with E-state index in [2.05, 4.69) is 65.9 Å². The minimum atomic E-state index is -1.35. The predicted octanol–water partition coefficient (Wildman–Crippen LogP) is 7.77. The molecule has 4 N–H and O–H groups in total. The van der Waals surface area contributed by atoms with Crippen molar-refractivity contribution in [1.29, 1.82) is 5.26 Å². The van der Waals surface area contributed by atoms with Crippen molar-refractivity contribution in [1.82, 2.24) is 10.3 Å². The van der Waals surface area contributed by atoms with Crippen molar-refractivity contribution >= 4 is 29.2 Å². The van der Waals surface area contributed by atoms with E-state index in [1.165, 1.54) is 13.1 Å². The quantitative estimate of drug-likeness (QED) is 0.0947. The summed E-state index contributed by atoms with van der Waals surface area (Å²) in [5.74, 6) is -0.336. The first-order chi connectivity index (χ1) is 26.0. The Morgan fingerprint density at radius 3 is 2.43 bits per heavy atom. The molecule has 0 spiro atoms. The summed E-state index contributed by atoms with van der Waals surface area (Å²) >= 11 is 6.78. The van der Waals surface area contributed by atoms with E-state index in [0.29, 0.717) is 39.8 Å². The number of anilines is 1. The van der Waals surface area contributed by atoms with Crippen molar-refractivity contribution in [2.24, 2.45) is 5.41 Å². The molecule has 1 aromatic heterocycles. The molecule has 1 amide bonds. The molecule has 54 heavy (non-hydrogen) atoms. The van der Waals surface area contributed by atoms with Gasteiger partial charge in [0.25, 0.3) is 0 Å². The largest absolute Gasteiger partial charge is 0.488 e. The normalized spacial score (nSPS) is 13.5. The third-order valence-electron chi connectivity index (χ3n) is 9.99. The Hall–Kier alpha value is -5.73. The highest BCUT2D eigenvalue weighted by Gasteiger charge is 2.32. The number of hydrogen-bond acceptors (Lipinski definition) is 8. The van der Waals surface area contributed by atoms with Crippen LogP contribution >= 0.6 is 11.6 Å². The number of aryl methyl sites for hydroxylation is 1. The van der Waals surface area contributed by atoms with E-state index in [0.717, 1.165) is 50.2 Å². The standard InChI is InChI=1S/C43H41ClN4O6/c1-26-33(6-4-8-35(26)36-9-5-7-34(27(36)2)30-10-11-32-21-47-22-41(50)48-38(32)16-30)24-54-40-17-39(53-23-29-14-28(18-45)19-46-20-29)31(15-37(40)44)12-13-43(3,25-49)42(51)52/h4-11,14-17,19-20,47,49H,12-13,21-25H2,1-3H3,(H,48,50)(H,51,52)/t43-/m0/s1. The van der Waals surface area contributed by atoms with E-state index in [4.69, 9.17) is 21.1 Å². The Bertz CT molecular complexity index is 2270. The number of benzene rings is 4. The van der Waals surface area contributed by atoms with Crippen LogP contribution in [0.5, 0.6) is 11.5 Å². The first-order valence-corrected chi connectivity index (χ1v) is 18.0. The van der Waals surface area contributed by atoms with Crippen molar-refractivity contribution in [3.63, 3.8) is 0 Å². The van der Waals surface area contributed by atoms with Crippen LogP contribution in [0.15, 0.2) is 85.2 Å². The van der Waals surface area contributed by atoms with E-state index in [1.54, 1.807) is 24.4 Å². The summed E-state index contributed by atoms with van der Waals surface area (Å²) in [6, 6.07) is 25.7. The Morgan fingerprint density at radius 2 is 1.67 bits per heavy atom. The molecule has 0 bridgehead atoms. The number of halogens is 1. The van der Waals surface area contributed by atoms with Gasteiger partial charge in [-0.05, 0) is 102 Å². The summed E-state index contributed by atoms with van der Waals surface area (Å²) in [5, 5.41) is 35.4. The molecule has 5 aromatic rings. The number of fused-ring (bicyclic) bond motifs is 1. The summed E-state index contributed by atoms with van der Waals surface area (Å²) in [6.45, 7) is 6.36. The van der Waals surface area contributed by atoms with Gasteiger partial charge in [0, 0.05) is 36.3 Å². The number of aromatic nitrogens is 1. The maximum atomic E-state index is 12.2. The van der Waals surface area contributed by atoms with Crippen LogP contribution in [0, 0.1) is 30.6 Å². The fourth-order valence-electron chi connectivity index (χ4n) is 6.52. The zero-order valence-corrected chi connectivity index (χ0v) is 31.1. The zero-order chi connectivity index (χ0) is 38.4. The molecule has 11 heteroatoms. The third-order valence-corrected chi connectivity index (χ3v) is 10.3. The van der Waals surface area contributed by atoms with Gasteiger partial charge in [0.05, 0.1) is 29.2 Å². The molecule has 0 aliphatic carbocycles. The van der Waals surface area contributed by atoms with Crippen LogP contribution in [-0.4, -0.2) is 40.2 Å². The number of ether oxygens (including phenoxy) is 2. The second-order valence-electron chi connectivity index (χ2n) is 13.8. The maximum absolute atomic E-state index is 12.2. The van der Waals surface area contributed by atoms with Gasteiger partial charge in [0.2, 0.25) is 5.91 Å². The monoisotopic (exact) mass is 744 g/mol. The van der Waals surface area contributed by atoms with E-state index >= 15 is 0 Å². The molecule has 4 aromatic carbocycles. The number of aliphatic hydroxyl groups excluding tert-OH is 1. The fraction of sp³-hybridized carbons (Fsp3) is 0.256. The summed E-state index contributed by atoms with van der Waals surface area (Å²) in [4.78, 5) is 28.2. The lowest BCUT2D eigenvalue weighted by Gasteiger charge is -2.23. The van der Waals surface area contributed by atoms with Crippen molar-refractivity contribution in [2.75, 3.05) is 18.5 Å². The van der Waals surface area contributed by atoms with Gasteiger partial charge < -0.3 is 30.3 Å². The van der Waals surface area contributed by atoms with E-state index in [1.807, 2.05) is 24.3 Å². The van der Waals surface area contributed by atoms with Gasteiger partial charge >= 0.3 is 5.97 Å². The van der Waals surface area contributed by atoms with Crippen molar-refractivity contribution in [2.45, 2.75) is 53.4 Å². The average Bonchev–Trinajstić information content (AvgIpc) is 3.36. The van der Waals surface area contributed by atoms with Crippen molar-refractivity contribution in [3.8, 4) is 39.8 Å². The predicted molar refractivity (Wildman–Crippen MR) is 207 cm³/mol. The second-order valence-corrected chi connectivity index (χ2v) is 14.2. The van der Waals surface area contributed by atoms with Crippen molar-refractivity contribution < 1.29 is 29.3 Å². The van der Waals surface area contributed by atoms with Gasteiger partial charge in [-0.2, -0.15) is 5.26 Å². The van der Waals surface area contributed by atoms with Gasteiger partial charge in [-0.15, -0.1) is 0 Å². The number of aliphatic carboxylic acids is 1. The maximum Gasteiger partial charge on any atom is 0.311 e. The van der Waals surface area contributed by atoms with Gasteiger partial charge in [0.1, 0.15) is 30.8 Å². The highest BCUT2D eigenvalue weighted by Crippen LogP contribution is 2.38. The minimum Gasteiger partial charge on any atom is -0.488 e. The Morgan fingerprint density at radius 1 is 0.926 bits per heavy atom. The lowest BCUT2D eigenvalue weighted by molar-refractivity contribution is -0.150. The van der Waals surface area contributed by atoms with E-state index in [-0.39, 0.29) is 38.5 Å². The number of carbonyl (C=O) groups is 2. The molecule has 1 aliphatic heterocycles. The molecule has 276 valence electrons. The number of carboxylic acid groups (broad SMARTS) is 1. The number of carbonyl (C=O) groups excluding carboxylic acids is 1. The Labute approximate surface area is 319 Å². The van der Waals surface area contributed by atoms with E-state index in [9.17, 15) is 25.1 Å². The molecular formula is C43H41ClN4O6. The molecule has 1 aliphatic rings. The summed E-state index contributed by atoms with van der Waals surface area (Å²) in [7, 11) is 0. The topological polar surface area (TPSA) is 154 Å².